The average molecular weight is 428 g/mol. The highest BCUT2D eigenvalue weighted by Crippen LogP contribution is 2.18. The van der Waals surface area contributed by atoms with Crippen molar-refractivity contribution in [1.29, 1.82) is 0 Å². The van der Waals surface area contributed by atoms with Crippen LogP contribution in [0, 0.1) is 6.92 Å². The quantitative estimate of drug-likeness (QED) is 0.565. The van der Waals surface area contributed by atoms with Gasteiger partial charge < -0.3 is 10.1 Å². The standard InChI is InChI=1S/C22H25N3O4S/c1-17-15-21(25(24-17)16-18-7-4-3-5-8-18)23-22(26)9-6-14-30(27,28)20-12-10-19(29-2)11-13-20/h3-5,7-8,10-13,15H,6,9,14,16H2,1-2H3,(H,23,26). The van der Waals surface area contributed by atoms with Crippen molar-refractivity contribution in [3.8, 4) is 5.75 Å². The minimum atomic E-state index is -3.45. The second-order valence-electron chi connectivity index (χ2n) is 6.96. The Bertz CT molecular complexity index is 1090. The van der Waals surface area contributed by atoms with E-state index >= 15 is 0 Å². The summed E-state index contributed by atoms with van der Waals surface area (Å²) < 4.78 is 31.7. The van der Waals surface area contributed by atoms with Crippen LogP contribution in [0.5, 0.6) is 5.75 Å². The second kappa shape index (κ2) is 9.58. The molecule has 0 bridgehead atoms. The Morgan fingerprint density at radius 2 is 1.80 bits per heavy atom. The number of nitrogens with one attached hydrogen (secondary N) is 1. The summed E-state index contributed by atoms with van der Waals surface area (Å²) >= 11 is 0. The van der Waals surface area contributed by atoms with E-state index in [9.17, 15) is 13.2 Å². The van der Waals surface area contributed by atoms with E-state index < -0.39 is 9.84 Å². The molecule has 0 spiro atoms. The lowest BCUT2D eigenvalue weighted by atomic mass is 10.2. The number of carbonyl (C=O) groups is 1. The molecule has 0 saturated heterocycles. The lowest BCUT2D eigenvalue weighted by Crippen LogP contribution is -2.17. The van der Waals surface area contributed by atoms with Gasteiger partial charge in [-0.2, -0.15) is 5.10 Å². The molecule has 2 aromatic carbocycles. The van der Waals surface area contributed by atoms with Crippen LogP contribution in [-0.4, -0.2) is 37.0 Å². The summed E-state index contributed by atoms with van der Waals surface area (Å²) in [5.41, 5.74) is 1.87. The SMILES string of the molecule is COc1ccc(S(=O)(=O)CCCC(=O)Nc2cc(C)nn2Cc2ccccc2)cc1. The molecule has 0 aliphatic heterocycles. The molecule has 0 atom stereocenters. The number of carbonyl (C=O) groups excluding carboxylic acids is 1. The fraction of sp³-hybridized carbons (Fsp3) is 0.273. The molecule has 3 rings (SSSR count). The maximum absolute atomic E-state index is 12.4. The number of aromatic nitrogens is 2. The highest BCUT2D eigenvalue weighted by Gasteiger charge is 2.16. The van der Waals surface area contributed by atoms with Gasteiger partial charge in [-0.1, -0.05) is 30.3 Å². The van der Waals surface area contributed by atoms with Crippen molar-refractivity contribution in [2.75, 3.05) is 18.2 Å². The monoisotopic (exact) mass is 427 g/mol. The number of anilines is 1. The Balaban J connectivity index is 1.56. The number of amides is 1. The Morgan fingerprint density at radius 1 is 1.10 bits per heavy atom. The molecule has 0 aliphatic rings. The third-order valence-corrected chi connectivity index (χ3v) is 6.40. The van der Waals surface area contributed by atoms with Gasteiger partial charge in [0.15, 0.2) is 9.84 Å². The van der Waals surface area contributed by atoms with Crippen molar-refractivity contribution < 1.29 is 17.9 Å². The smallest absolute Gasteiger partial charge is 0.225 e. The number of rotatable bonds is 9. The molecule has 0 aliphatic carbocycles. The maximum Gasteiger partial charge on any atom is 0.225 e. The Kier molecular flexibility index (Phi) is 6.89. The third-order valence-electron chi connectivity index (χ3n) is 4.58. The van der Waals surface area contributed by atoms with Crippen molar-refractivity contribution in [2.24, 2.45) is 0 Å². The number of sulfone groups is 1. The van der Waals surface area contributed by atoms with Crippen LogP contribution in [-0.2, 0) is 21.2 Å². The van der Waals surface area contributed by atoms with Crippen LogP contribution in [0.25, 0.3) is 0 Å². The number of ether oxygens (including phenoxy) is 1. The lowest BCUT2D eigenvalue weighted by Gasteiger charge is -2.09. The van der Waals surface area contributed by atoms with Gasteiger partial charge in [0.25, 0.3) is 0 Å². The third kappa shape index (κ3) is 5.70. The second-order valence-corrected chi connectivity index (χ2v) is 9.07. The van der Waals surface area contributed by atoms with Gasteiger partial charge in [-0.25, -0.2) is 13.1 Å². The van der Waals surface area contributed by atoms with E-state index in [-0.39, 0.29) is 29.4 Å². The molecular weight excluding hydrogens is 402 g/mol. The summed E-state index contributed by atoms with van der Waals surface area (Å²) in [5.74, 6) is 0.846. The van der Waals surface area contributed by atoms with E-state index in [2.05, 4.69) is 10.4 Å². The summed E-state index contributed by atoms with van der Waals surface area (Å²) in [5, 5.41) is 7.27. The van der Waals surface area contributed by atoms with E-state index in [1.165, 1.54) is 19.2 Å². The summed E-state index contributed by atoms with van der Waals surface area (Å²) in [6.07, 6.45) is 0.330. The van der Waals surface area contributed by atoms with Crippen LogP contribution in [0.3, 0.4) is 0 Å². The van der Waals surface area contributed by atoms with Gasteiger partial charge in [0.1, 0.15) is 11.6 Å². The van der Waals surface area contributed by atoms with Gasteiger partial charge in [-0.3, -0.25) is 4.79 Å². The summed E-state index contributed by atoms with van der Waals surface area (Å²) in [4.78, 5) is 12.6. The number of nitrogens with zero attached hydrogens (tertiary/aromatic N) is 2. The Morgan fingerprint density at radius 3 is 2.47 bits per heavy atom. The van der Waals surface area contributed by atoms with Gasteiger partial charge in [0.05, 0.1) is 30.0 Å². The molecule has 0 unspecified atom stereocenters. The molecule has 7 nitrogen and oxygen atoms in total. The molecule has 0 fully saturated rings. The van der Waals surface area contributed by atoms with E-state index in [1.807, 2.05) is 37.3 Å². The predicted molar refractivity (Wildman–Crippen MR) is 115 cm³/mol. The minimum Gasteiger partial charge on any atom is -0.497 e. The lowest BCUT2D eigenvalue weighted by molar-refractivity contribution is -0.116. The van der Waals surface area contributed by atoms with Gasteiger partial charge in [0, 0.05) is 12.5 Å². The van der Waals surface area contributed by atoms with Gasteiger partial charge in [0.2, 0.25) is 5.91 Å². The summed E-state index contributed by atoms with van der Waals surface area (Å²) in [7, 11) is -1.93. The zero-order valence-corrected chi connectivity index (χ0v) is 17.9. The molecule has 1 heterocycles. The van der Waals surface area contributed by atoms with Crippen LogP contribution in [0.1, 0.15) is 24.1 Å². The van der Waals surface area contributed by atoms with Gasteiger partial charge in [-0.05, 0) is 43.2 Å². The van der Waals surface area contributed by atoms with E-state index in [0.29, 0.717) is 18.1 Å². The largest absolute Gasteiger partial charge is 0.497 e. The first-order valence-electron chi connectivity index (χ1n) is 9.62. The number of hydrogen-bond acceptors (Lipinski definition) is 5. The summed E-state index contributed by atoms with van der Waals surface area (Å²) in [6.45, 7) is 2.40. The van der Waals surface area contributed by atoms with Crippen molar-refractivity contribution in [3.63, 3.8) is 0 Å². The fourth-order valence-electron chi connectivity index (χ4n) is 3.05. The number of hydrogen-bond donors (Lipinski definition) is 1. The van der Waals surface area contributed by atoms with Crippen molar-refractivity contribution in [1.82, 2.24) is 9.78 Å². The first-order valence-corrected chi connectivity index (χ1v) is 11.3. The first kappa shape index (κ1) is 21.6. The first-order chi connectivity index (χ1) is 14.4. The zero-order chi connectivity index (χ0) is 21.6. The number of methoxy groups -OCH3 is 1. The van der Waals surface area contributed by atoms with Crippen LogP contribution in [0.2, 0.25) is 0 Å². The molecular formula is C22H25N3O4S. The highest BCUT2D eigenvalue weighted by atomic mass is 32.2. The van der Waals surface area contributed by atoms with E-state index in [1.54, 1.807) is 22.9 Å². The highest BCUT2D eigenvalue weighted by molar-refractivity contribution is 7.91. The number of benzene rings is 2. The molecule has 1 N–H and O–H groups in total. The van der Waals surface area contributed by atoms with Crippen LogP contribution < -0.4 is 10.1 Å². The van der Waals surface area contributed by atoms with Crippen LogP contribution >= 0.6 is 0 Å². The zero-order valence-electron chi connectivity index (χ0n) is 17.0. The van der Waals surface area contributed by atoms with E-state index in [4.69, 9.17) is 4.74 Å². The molecule has 158 valence electrons. The van der Waals surface area contributed by atoms with Gasteiger partial charge >= 0.3 is 0 Å². The number of aryl methyl sites for hydroxylation is 1. The predicted octanol–water partition coefficient (Wildman–Crippen LogP) is 3.44. The molecule has 30 heavy (non-hydrogen) atoms. The molecule has 8 heteroatoms. The summed E-state index contributed by atoms with van der Waals surface area (Å²) in [6, 6.07) is 17.9. The minimum absolute atomic E-state index is 0.102. The van der Waals surface area contributed by atoms with Crippen molar-refractivity contribution in [3.05, 3.63) is 71.9 Å². The fourth-order valence-corrected chi connectivity index (χ4v) is 4.36. The van der Waals surface area contributed by atoms with Crippen molar-refractivity contribution >= 4 is 21.6 Å². The van der Waals surface area contributed by atoms with E-state index in [0.717, 1.165) is 11.3 Å². The molecule has 3 aromatic rings. The molecule has 1 amide bonds. The molecule has 0 saturated carbocycles. The van der Waals surface area contributed by atoms with Crippen LogP contribution in [0.15, 0.2) is 65.6 Å². The maximum atomic E-state index is 12.4. The Labute approximate surface area is 176 Å². The topological polar surface area (TPSA) is 90.3 Å². The van der Waals surface area contributed by atoms with Gasteiger partial charge in [-0.15, -0.1) is 0 Å². The molecule has 0 radical (unpaired) electrons. The van der Waals surface area contributed by atoms with Crippen LogP contribution in [0.4, 0.5) is 5.82 Å². The Hall–Kier alpha value is -3.13. The van der Waals surface area contributed by atoms with Crippen molar-refractivity contribution in [2.45, 2.75) is 31.2 Å². The molecule has 1 aromatic heterocycles. The average Bonchev–Trinajstić information content (AvgIpc) is 3.07. The normalized spacial score (nSPS) is 11.3.